The molecule has 1 atom stereocenters. The Morgan fingerprint density at radius 3 is 2.64 bits per heavy atom. The van der Waals surface area contributed by atoms with Gasteiger partial charge >= 0.3 is 0 Å². The monoisotopic (exact) mass is 298 g/mol. The van der Waals surface area contributed by atoms with Gasteiger partial charge in [0, 0.05) is 11.5 Å². The van der Waals surface area contributed by atoms with E-state index in [0.29, 0.717) is 17.5 Å². The number of aromatic nitrogens is 1. The van der Waals surface area contributed by atoms with Gasteiger partial charge in [0.15, 0.2) is 0 Å². The zero-order valence-electron chi connectivity index (χ0n) is 12.4. The molecule has 1 unspecified atom stereocenters. The SMILES string of the molecule is CC(C)C1(N)N=C(Nc2cnoc2)NC(c2ccccc2)=N1. The van der Waals surface area contributed by atoms with Gasteiger partial charge in [-0.25, -0.2) is 9.98 Å². The fourth-order valence-corrected chi connectivity index (χ4v) is 2.00. The van der Waals surface area contributed by atoms with Crippen molar-refractivity contribution >= 4 is 17.5 Å². The van der Waals surface area contributed by atoms with Gasteiger partial charge in [0.25, 0.3) is 0 Å². The van der Waals surface area contributed by atoms with Crippen molar-refractivity contribution in [2.45, 2.75) is 19.6 Å². The van der Waals surface area contributed by atoms with E-state index in [2.05, 4.69) is 25.8 Å². The number of amidine groups is 1. The zero-order valence-corrected chi connectivity index (χ0v) is 12.4. The van der Waals surface area contributed by atoms with Gasteiger partial charge in [-0.05, 0) is 0 Å². The van der Waals surface area contributed by atoms with Gasteiger partial charge in [-0.2, -0.15) is 0 Å². The zero-order chi connectivity index (χ0) is 15.6. The van der Waals surface area contributed by atoms with Crippen LogP contribution in [0, 0.1) is 5.92 Å². The number of hydrogen-bond donors (Lipinski definition) is 3. The highest BCUT2D eigenvalue weighted by atomic mass is 16.5. The van der Waals surface area contributed by atoms with Crippen LogP contribution in [0.1, 0.15) is 19.4 Å². The van der Waals surface area contributed by atoms with E-state index in [1.54, 1.807) is 6.20 Å². The number of aliphatic imine (C=N–C) groups is 2. The fourth-order valence-electron chi connectivity index (χ4n) is 2.00. The molecule has 114 valence electrons. The minimum atomic E-state index is -1.03. The summed E-state index contributed by atoms with van der Waals surface area (Å²) in [7, 11) is 0. The molecule has 0 aliphatic carbocycles. The van der Waals surface area contributed by atoms with Crippen LogP contribution in [-0.2, 0) is 0 Å². The molecular formula is C15H18N6O. The molecule has 1 aromatic carbocycles. The summed E-state index contributed by atoms with van der Waals surface area (Å²) in [6, 6.07) is 9.79. The summed E-state index contributed by atoms with van der Waals surface area (Å²) in [6.07, 6.45) is 3.05. The van der Waals surface area contributed by atoms with Gasteiger partial charge in [0.1, 0.15) is 17.8 Å². The molecule has 3 rings (SSSR count). The molecule has 1 aliphatic rings. The predicted molar refractivity (Wildman–Crippen MR) is 85.4 cm³/mol. The number of rotatable bonds is 3. The number of nitrogens with one attached hydrogen (secondary N) is 2. The topological polar surface area (TPSA) is 101 Å². The van der Waals surface area contributed by atoms with E-state index in [1.165, 1.54) is 6.26 Å². The van der Waals surface area contributed by atoms with E-state index in [0.717, 1.165) is 5.56 Å². The molecule has 2 aromatic rings. The Bertz CT molecular complexity index is 692. The number of anilines is 1. The lowest BCUT2D eigenvalue weighted by Crippen LogP contribution is -2.52. The first-order chi connectivity index (χ1) is 10.6. The average molecular weight is 298 g/mol. The van der Waals surface area contributed by atoms with E-state index in [9.17, 15) is 0 Å². The first kappa shape index (κ1) is 14.3. The summed E-state index contributed by atoms with van der Waals surface area (Å²) in [5.74, 6) is 0.183. The average Bonchev–Trinajstić information content (AvgIpc) is 3.00. The molecule has 0 spiro atoms. The van der Waals surface area contributed by atoms with Gasteiger partial charge in [0.05, 0.1) is 6.20 Å². The van der Waals surface area contributed by atoms with Crippen molar-refractivity contribution in [2.24, 2.45) is 21.6 Å². The molecule has 4 N–H and O–H groups in total. The first-order valence-corrected chi connectivity index (χ1v) is 7.04. The highest BCUT2D eigenvalue weighted by Crippen LogP contribution is 2.22. The second-order valence-electron chi connectivity index (χ2n) is 5.39. The van der Waals surface area contributed by atoms with Crippen LogP contribution >= 0.6 is 0 Å². The Kier molecular flexibility index (Phi) is 3.64. The van der Waals surface area contributed by atoms with Crippen molar-refractivity contribution in [3.63, 3.8) is 0 Å². The summed E-state index contributed by atoms with van der Waals surface area (Å²) in [4.78, 5) is 9.06. The summed E-state index contributed by atoms with van der Waals surface area (Å²) in [6.45, 7) is 3.97. The predicted octanol–water partition coefficient (Wildman–Crippen LogP) is 1.76. The van der Waals surface area contributed by atoms with E-state index < -0.39 is 5.79 Å². The van der Waals surface area contributed by atoms with Crippen molar-refractivity contribution in [3.8, 4) is 0 Å². The number of benzene rings is 1. The highest BCUT2D eigenvalue weighted by molar-refractivity contribution is 6.13. The number of nitrogens with zero attached hydrogens (tertiary/aromatic N) is 3. The Morgan fingerprint density at radius 1 is 1.23 bits per heavy atom. The fraction of sp³-hybridized carbons (Fsp3) is 0.267. The van der Waals surface area contributed by atoms with Crippen molar-refractivity contribution in [1.29, 1.82) is 0 Å². The maximum atomic E-state index is 6.35. The van der Waals surface area contributed by atoms with Crippen LogP contribution in [0.3, 0.4) is 0 Å². The molecule has 0 bridgehead atoms. The maximum absolute atomic E-state index is 6.35. The third-order valence-corrected chi connectivity index (χ3v) is 3.41. The van der Waals surface area contributed by atoms with Gasteiger partial charge in [-0.15, -0.1) is 0 Å². The van der Waals surface area contributed by atoms with E-state index in [-0.39, 0.29) is 5.92 Å². The normalized spacial score (nSPS) is 21.1. The van der Waals surface area contributed by atoms with Crippen molar-refractivity contribution in [1.82, 2.24) is 10.5 Å². The van der Waals surface area contributed by atoms with E-state index in [4.69, 9.17) is 10.3 Å². The molecule has 0 radical (unpaired) electrons. The number of guanidine groups is 1. The smallest absolute Gasteiger partial charge is 0.210 e. The molecule has 2 heterocycles. The molecule has 0 saturated carbocycles. The second kappa shape index (κ2) is 5.61. The van der Waals surface area contributed by atoms with E-state index in [1.807, 2.05) is 44.2 Å². The molecule has 1 aliphatic heterocycles. The van der Waals surface area contributed by atoms with Gasteiger partial charge in [-0.3, -0.25) is 5.73 Å². The summed E-state index contributed by atoms with van der Waals surface area (Å²) in [5.41, 5.74) is 7.98. The van der Waals surface area contributed by atoms with Crippen LogP contribution in [0.15, 0.2) is 57.3 Å². The quantitative estimate of drug-likeness (QED) is 0.801. The molecule has 1 aromatic heterocycles. The van der Waals surface area contributed by atoms with Crippen LogP contribution in [0.2, 0.25) is 0 Å². The summed E-state index contributed by atoms with van der Waals surface area (Å²) < 4.78 is 4.81. The Balaban J connectivity index is 1.94. The largest absolute Gasteiger partial charge is 0.363 e. The van der Waals surface area contributed by atoms with Crippen molar-refractivity contribution < 1.29 is 4.52 Å². The van der Waals surface area contributed by atoms with Crippen LogP contribution in [0.25, 0.3) is 0 Å². The molecule has 7 heteroatoms. The lowest BCUT2D eigenvalue weighted by Gasteiger charge is -2.31. The molecule has 22 heavy (non-hydrogen) atoms. The van der Waals surface area contributed by atoms with Crippen LogP contribution < -0.4 is 16.4 Å². The Labute approximate surface area is 128 Å². The van der Waals surface area contributed by atoms with E-state index >= 15 is 0 Å². The van der Waals surface area contributed by atoms with Gasteiger partial charge in [-0.1, -0.05) is 49.3 Å². The third-order valence-electron chi connectivity index (χ3n) is 3.41. The molecule has 0 amide bonds. The standard InChI is InChI=1S/C15H18N6O/c1-10(2)15(16)20-13(11-6-4-3-5-7-11)19-14(21-15)18-12-8-17-22-9-12/h3-10H,16H2,1-2H3,(H2,18,19,20,21). The minimum absolute atomic E-state index is 0.0348. The Hall–Kier alpha value is -2.67. The first-order valence-electron chi connectivity index (χ1n) is 7.04. The number of hydrogen-bond acceptors (Lipinski definition) is 7. The highest BCUT2D eigenvalue weighted by Gasteiger charge is 2.33. The van der Waals surface area contributed by atoms with Crippen LogP contribution in [0.5, 0.6) is 0 Å². The lowest BCUT2D eigenvalue weighted by molar-refractivity contribution is 0.334. The lowest BCUT2D eigenvalue weighted by atomic mass is 10.1. The minimum Gasteiger partial charge on any atom is -0.363 e. The molecule has 0 fully saturated rings. The van der Waals surface area contributed by atoms with Crippen molar-refractivity contribution in [2.75, 3.05) is 5.32 Å². The third kappa shape index (κ3) is 2.84. The summed E-state index contributed by atoms with van der Waals surface area (Å²) >= 11 is 0. The second-order valence-corrected chi connectivity index (χ2v) is 5.39. The maximum Gasteiger partial charge on any atom is 0.210 e. The summed E-state index contributed by atoms with van der Waals surface area (Å²) in [5, 5.41) is 9.90. The molecular weight excluding hydrogens is 280 g/mol. The Morgan fingerprint density at radius 2 is 2.00 bits per heavy atom. The van der Waals surface area contributed by atoms with Crippen LogP contribution in [-0.4, -0.2) is 22.7 Å². The van der Waals surface area contributed by atoms with Crippen molar-refractivity contribution in [3.05, 3.63) is 48.4 Å². The van der Waals surface area contributed by atoms with Crippen LogP contribution in [0.4, 0.5) is 5.69 Å². The number of nitrogens with two attached hydrogens (primary N) is 1. The van der Waals surface area contributed by atoms with Gasteiger partial charge < -0.3 is 15.2 Å². The van der Waals surface area contributed by atoms with Gasteiger partial charge in [0.2, 0.25) is 11.7 Å². The molecule has 7 nitrogen and oxygen atoms in total. The molecule has 0 saturated heterocycles.